The number of rotatable bonds is 32. The number of aromatic nitrogens is 3. The Hall–Kier alpha value is -6.94. The van der Waals surface area contributed by atoms with Gasteiger partial charge < -0.3 is 146 Å². The summed E-state index contributed by atoms with van der Waals surface area (Å²) in [6.07, 6.45) is -50.1. The van der Waals surface area contributed by atoms with E-state index >= 15 is 0 Å². The normalized spacial score (nSPS) is 36.0. The molecule has 27 atom stereocenters. The third-order valence-electron chi connectivity index (χ3n) is 16.4. The van der Waals surface area contributed by atoms with Crippen molar-refractivity contribution >= 4 is 55.0 Å². The molecule has 7 rings (SSSR count). The second-order valence-electron chi connectivity index (χ2n) is 23.8. The number of carboxylic acid groups (broad SMARTS) is 2. The van der Waals surface area contributed by atoms with Crippen molar-refractivity contribution in [3.8, 4) is 5.69 Å². The minimum Gasteiger partial charge on any atom is -0.481 e. The van der Waals surface area contributed by atoms with Gasteiger partial charge in [-0.1, -0.05) is 13.0 Å². The molecular formula is C55H80N9O36P. The summed E-state index contributed by atoms with van der Waals surface area (Å²) >= 11 is 0. The highest BCUT2D eigenvalue weighted by atomic mass is 31.2. The Morgan fingerprint density at radius 2 is 1.48 bits per heavy atom. The van der Waals surface area contributed by atoms with Crippen LogP contribution in [0.25, 0.3) is 5.69 Å². The number of benzene rings is 1. The lowest BCUT2D eigenvalue weighted by molar-refractivity contribution is -0.385. The summed E-state index contributed by atoms with van der Waals surface area (Å²) in [5.41, 5.74) is 12.0. The smallest absolute Gasteiger partial charge is 0.474 e. The molecule has 5 aliphatic heterocycles. The van der Waals surface area contributed by atoms with E-state index in [2.05, 4.69) is 27.3 Å². The Bertz CT molecular complexity index is 3330. The number of primary amides is 2. The summed E-state index contributed by atoms with van der Waals surface area (Å²) in [5, 5.41) is 153. The highest BCUT2D eigenvalue weighted by Crippen LogP contribution is 2.49. The van der Waals surface area contributed by atoms with Gasteiger partial charge in [0.05, 0.1) is 55.7 Å². The molecule has 101 heavy (non-hydrogen) atoms. The Morgan fingerprint density at radius 1 is 0.832 bits per heavy atom. The van der Waals surface area contributed by atoms with Crippen molar-refractivity contribution in [2.24, 2.45) is 23.1 Å². The van der Waals surface area contributed by atoms with E-state index in [0.29, 0.717) is 0 Å². The monoisotopic (exact) mass is 1470 g/mol. The standard InChI is InChI=1S/C55H80N9O36P/c1-6-13-88-27(48(80)81)17-90-101(86,87)100-53-41(42(99-54(58)82)55(5,83)43(98-53)44(57)78)97-50-29(60-20(4)66)32(72)39(26(93-50)16-89-51-36(76)33(73)31(71)25(15-65)92-51)95-49-18(2)30(70)38(19(3)91-49)94-52-37(77)34(74)35(75)40(96-52)46-61-45(24(67)9-10-28(68)69)62-63(46)21-7-8-23(64(84)85)22(14-21)47(79)59-12-11-56/h6-8,14,18-19,25-27,29-43,49-53,65,70-77,83H,1,9-13,15-17,56H2,2-5H3,(H2,57,78)(H2,58,82)(H,59,79)(H,60,66)(H,68,69)(H,80,81)(H,86,87)/t18?,19?,25?,26?,27-,29?,30?,31?,32?,33?,34?,35?,36?,37?,38?,39?,40?,41?,42?,43?,49?,50?,51?,52?,53?,55?/m1/s1. The fraction of sp³-hybridized carbons (Fsp3) is 0.691. The highest BCUT2D eigenvalue weighted by molar-refractivity contribution is 7.47. The number of nitrogens with two attached hydrogens (primary N) is 3. The van der Waals surface area contributed by atoms with Crippen LogP contribution in [0.4, 0.5) is 10.5 Å². The van der Waals surface area contributed by atoms with Crippen molar-refractivity contribution in [2.45, 2.75) is 194 Å². The van der Waals surface area contributed by atoms with Crippen LogP contribution in [0.1, 0.15) is 73.4 Å². The van der Waals surface area contributed by atoms with E-state index in [1.165, 1.54) is 13.8 Å². The maximum atomic E-state index is 13.7. The maximum absolute atomic E-state index is 13.7. The number of nitro benzene ring substituents is 1. The van der Waals surface area contributed by atoms with E-state index in [4.69, 9.17) is 78.4 Å². The molecule has 6 heterocycles. The van der Waals surface area contributed by atoms with Crippen LogP contribution in [0.15, 0.2) is 30.9 Å². The van der Waals surface area contributed by atoms with Gasteiger partial charge in [-0.2, -0.15) is 0 Å². The lowest BCUT2D eigenvalue weighted by Gasteiger charge is -2.51. The van der Waals surface area contributed by atoms with Gasteiger partial charge in [-0.3, -0.25) is 43.1 Å². The average Bonchev–Trinajstić information content (AvgIpc) is 1.39. The van der Waals surface area contributed by atoms with Crippen LogP contribution in [0, 0.1) is 16.0 Å². The number of hydrogen-bond acceptors (Lipinski definition) is 36. The molecule has 566 valence electrons. The zero-order chi connectivity index (χ0) is 75.0. The number of hydrogen-bond donors (Lipinski definition) is 18. The number of Topliss-reactive ketones (excluding diaryl/α,β-unsaturated/α-hetero) is 1. The molecular weight excluding hydrogens is 1390 g/mol. The fourth-order valence-electron chi connectivity index (χ4n) is 11.2. The van der Waals surface area contributed by atoms with Crippen molar-refractivity contribution in [1.82, 2.24) is 25.4 Å². The zero-order valence-corrected chi connectivity index (χ0v) is 54.7. The third-order valence-corrected chi connectivity index (χ3v) is 17.4. The number of aliphatic hydroxyl groups excluding tert-OH is 9. The summed E-state index contributed by atoms with van der Waals surface area (Å²) in [6.45, 7) is 3.69. The van der Waals surface area contributed by atoms with E-state index in [1.54, 1.807) is 0 Å². The summed E-state index contributed by atoms with van der Waals surface area (Å²) < 4.78 is 88.8. The number of nitrogens with one attached hydrogen (secondary N) is 2. The SMILES string of the molecule is C=CCO[C@H](COP(=O)(O)OC1OC(C(N)=O)C(C)(O)C(OC(N)=O)C1OC1OC(COC2OC(CO)C(O)C(O)C2O)C(OC2OC(C)C(OC3OC(c4nc(C(=O)CCC(=O)O)nn4-c4ccc([N+](=O)[O-])c(C(=O)NCCN)c4)C(O)C(O)C3O)C(O)C2C)C(O)C1NC(C)=O)C(=O)O. The first-order chi connectivity index (χ1) is 47.4. The lowest BCUT2D eigenvalue weighted by Crippen LogP contribution is -2.72. The highest BCUT2D eigenvalue weighted by Gasteiger charge is 2.62. The van der Waals surface area contributed by atoms with Crippen LogP contribution in [-0.4, -0.2) is 314 Å². The van der Waals surface area contributed by atoms with Gasteiger partial charge in [0, 0.05) is 38.4 Å². The van der Waals surface area contributed by atoms with Gasteiger partial charge in [0.15, 0.2) is 61.7 Å². The summed E-state index contributed by atoms with van der Waals surface area (Å²) in [6, 6.07) is 0.803. The van der Waals surface area contributed by atoms with Crippen LogP contribution in [0.3, 0.4) is 0 Å². The molecule has 26 unspecified atom stereocenters. The van der Waals surface area contributed by atoms with Crippen LogP contribution in [-0.2, 0) is 84.9 Å². The quantitative estimate of drug-likeness (QED) is 0.0106. The molecule has 21 N–H and O–H groups in total. The Labute approximate surface area is 569 Å². The number of aliphatic hydroxyl groups is 10. The van der Waals surface area contributed by atoms with Gasteiger partial charge in [0.1, 0.15) is 90.5 Å². The van der Waals surface area contributed by atoms with E-state index in [1.807, 2.05) is 0 Å². The molecule has 2 aromatic rings. The minimum atomic E-state index is -5.78. The van der Waals surface area contributed by atoms with Crippen LogP contribution in [0.5, 0.6) is 0 Å². The molecule has 0 saturated carbocycles. The van der Waals surface area contributed by atoms with E-state index in [0.717, 1.165) is 42.8 Å². The first-order valence-electron chi connectivity index (χ1n) is 30.6. The molecule has 0 spiro atoms. The second-order valence-corrected chi connectivity index (χ2v) is 25.2. The zero-order valence-electron chi connectivity index (χ0n) is 53.8. The minimum absolute atomic E-state index is 0.0838. The van der Waals surface area contributed by atoms with Crippen molar-refractivity contribution < 1.29 is 170 Å². The number of phosphoric ester groups is 1. The number of nitrogens with zero attached hydrogens (tertiary/aromatic N) is 4. The van der Waals surface area contributed by atoms with Crippen LogP contribution < -0.4 is 27.8 Å². The maximum Gasteiger partial charge on any atom is 0.474 e. The molecule has 5 aliphatic rings. The number of ether oxygens (including phenoxy) is 11. The van der Waals surface area contributed by atoms with Crippen LogP contribution in [0.2, 0.25) is 0 Å². The topological polar surface area (TPSA) is 696 Å². The number of aliphatic carboxylic acids is 2. The molecule has 4 amide bonds. The van der Waals surface area contributed by atoms with Gasteiger partial charge >= 0.3 is 25.9 Å². The fourth-order valence-corrected chi connectivity index (χ4v) is 12.1. The molecule has 1 aromatic carbocycles. The summed E-state index contributed by atoms with van der Waals surface area (Å²) in [5.74, 6) is -10.4. The molecule has 5 fully saturated rings. The van der Waals surface area contributed by atoms with E-state index < -0.39 is 275 Å². The van der Waals surface area contributed by atoms with Crippen molar-refractivity contribution in [3.63, 3.8) is 0 Å². The predicted molar refractivity (Wildman–Crippen MR) is 320 cm³/mol. The van der Waals surface area contributed by atoms with Gasteiger partial charge in [-0.25, -0.2) is 23.8 Å². The largest absolute Gasteiger partial charge is 0.481 e. The molecule has 0 aliphatic carbocycles. The Balaban J connectivity index is 1.22. The van der Waals surface area contributed by atoms with Gasteiger partial charge in [-0.05, 0) is 26.0 Å². The van der Waals surface area contributed by atoms with Gasteiger partial charge in [0.25, 0.3) is 11.6 Å². The first-order valence-corrected chi connectivity index (χ1v) is 32.1. The number of amides is 4. The summed E-state index contributed by atoms with van der Waals surface area (Å²) in [4.78, 5) is 115. The van der Waals surface area contributed by atoms with E-state index in [9.17, 15) is 114 Å². The summed E-state index contributed by atoms with van der Waals surface area (Å²) in [7, 11) is -5.78. The van der Waals surface area contributed by atoms with Crippen molar-refractivity contribution in [3.05, 3.63) is 58.2 Å². The second kappa shape index (κ2) is 34.6. The third kappa shape index (κ3) is 19.1. The number of carbonyl (C=O) groups is 7. The number of carbonyl (C=O) groups excluding carboxylic acids is 5. The molecule has 5 saturated heterocycles. The molecule has 46 heteroatoms. The van der Waals surface area contributed by atoms with E-state index in [-0.39, 0.29) is 18.8 Å². The number of carboxylic acids is 2. The van der Waals surface area contributed by atoms with Gasteiger partial charge in [0.2, 0.25) is 23.4 Å². The number of nitro groups is 1. The predicted octanol–water partition coefficient (Wildman–Crippen LogP) is -8.09. The molecule has 0 bridgehead atoms. The Morgan fingerprint density at radius 3 is 2.08 bits per heavy atom. The molecule has 45 nitrogen and oxygen atoms in total. The molecule has 0 radical (unpaired) electrons. The lowest BCUT2D eigenvalue weighted by atomic mass is 9.85. The first kappa shape index (κ1) is 81.4. The van der Waals surface area contributed by atoms with Gasteiger partial charge in [-0.15, -0.1) is 11.7 Å². The Kier molecular flexibility index (Phi) is 27.8. The number of phosphoric acid groups is 1. The van der Waals surface area contributed by atoms with Crippen LogP contribution >= 0.6 is 7.82 Å². The van der Waals surface area contributed by atoms with Crippen molar-refractivity contribution in [1.29, 1.82) is 0 Å². The molecule has 1 aromatic heterocycles. The van der Waals surface area contributed by atoms with Crippen molar-refractivity contribution in [2.75, 3.05) is 39.5 Å². The number of ketones is 1. The average molecular weight is 1470 g/mol.